The van der Waals surface area contributed by atoms with Crippen LogP contribution >= 0.6 is 0 Å². The van der Waals surface area contributed by atoms with Crippen molar-refractivity contribution in [2.75, 3.05) is 33.3 Å². The molecular formula is C23H29N3O2. The van der Waals surface area contributed by atoms with Crippen LogP contribution in [0.3, 0.4) is 0 Å². The Morgan fingerprint density at radius 1 is 1.18 bits per heavy atom. The fraction of sp³-hybridized carbons (Fsp3) is 0.435. The fourth-order valence-electron chi connectivity index (χ4n) is 4.15. The number of carbonyl (C=O) groups is 1. The Labute approximate surface area is 167 Å². The quantitative estimate of drug-likeness (QED) is 0.777. The number of hydrogen-bond acceptors (Lipinski definition) is 4. The van der Waals surface area contributed by atoms with E-state index in [-0.39, 0.29) is 18.0 Å². The molecule has 2 aromatic rings. The molecule has 2 atom stereocenters. The second-order valence-electron chi connectivity index (χ2n) is 7.73. The molecule has 1 heterocycles. The minimum absolute atomic E-state index is 0.0996. The standard InChI is InChI=1S/C23H29N3O2/c1-28-21-10-6-5-9-19(21)20-15-24-13-14-26(20)16-22(27)25-23(18-11-12-18)17-7-3-2-4-8-17/h2-10,18,20,23-24H,11-16H2,1H3,(H,25,27). The average molecular weight is 380 g/mol. The topological polar surface area (TPSA) is 53.6 Å². The Morgan fingerprint density at radius 2 is 1.93 bits per heavy atom. The summed E-state index contributed by atoms with van der Waals surface area (Å²) >= 11 is 0. The van der Waals surface area contributed by atoms with Gasteiger partial charge >= 0.3 is 0 Å². The molecule has 0 aromatic heterocycles. The summed E-state index contributed by atoms with van der Waals surface area (Å²) in [6.45, 7) is 2.96. The highest BCUT2D eigenvalue weighted by atomic mass is 16.5. The number of piperazine rings is 1. The van der Waals surface area contributed by atoms with Gasteiger partial charge in [0.15, 0.2) is 0 Å². The molecule has 4 rings (SSSR count). The first-order valence-electron chi connectivity index (χ1n) is 10.2. The summed E-state index contributed by atoms with van der Waals surface area (Å²) in [5.41, 5.74) is 2.34. The lowest BCUT2D eigenvalue weighted by atomic mass is 10.0. The van der Waals surface area contributed by atoms with E-state index in [4.69, 9.17) is 4.74 Å². The van der Waals surface area contributed by atoms with Crippen molar-refractivity contribution < 1.29 is 9.53 Å². The number of rotatable bonds is 7. The first-order chi connectivity index (χ1) is 13.8. The molecule has 5 heteroatoms. The van der Waals surface area contributed by atoms with E-state index < -0.39 is 0 Å². The summed E-state index contributed by atoms with van der Waals surface area (Å²) in [6.07, 6.45) is 2.38. The van der Waals surface area contributed by atoms with Crippen LogP contribution in [0.4, 0.5) is 0 Å². The largest absolute Gasteiger partial charge is 0.496 e. The van der Waals surface area contributed by atoms with Gasteiger partial charge in [-0.25, -0.2) is 0 Å². The zero-order chi connectivity index (χ0) is 19.3. The maximum absolute atomic E-state index is 13.0. The second-order valence-corrected chi connectivity index (χ2v) is 7.73. The van der Waals surface area contributed by atoms with Gasteiger partial charge in [0.2, 0.25) is 5.91 Å². The van der Waals surface area contributed by atoms with Gasteiger partial charge in [0.25, 0.3) is 0 Å². The van der Waals surface area contributed by atoms with Gasteiger partial charge in [0.05, 0.1) is 25.7 Å². The molecule has 2 aliphatic rings. The van der Waals surface area contributed by atoms with Crippen LogP contribution in [0.1, 0.15) is 36.1 Å². The summed E-state index contributed by atoms with van der Waals surface area (Å²) < 4.78 is 5.56. The zero-order valence-corrected chi connectivity index (χ0v) is 16.4. The number of methoxy groups -OCH3 is 1. The van der Waals surface area contributed by atoms with Crippen molar-refractivity contribution >= 4 is 5.91 Å². The summed E-state index contributed by atoms with van der Waals surface area (Å²) in [7, 11) is 1.70. The van der Waals surface area contributed by atoms with Crippen molar-refractivity contribution in [2.45, 2.75) is 24.9 Å². The lowest BCUT2D eigenvalue weighted by molar-refractivity contribution is -0.124. The summed E-state index contributed by atoms with van der Waals surface area (Å²) in [5, 5.41) is 6.76. The van der Waals surface area contributed by atoms with Crippen molar-refractivity contribution in [1.29, 1.82) is 0 Å². The molecule has 1 aliphatic carbocycles. The molecule has 148 valence electrons. The van der Waals surface area contributed by atoms with Crippen molar-refractivity contribution in [1.82, 2.24) is 15.5 Å². The maximum atomic E-state index is 13.0. The second kappa shape index (κ2) is 8.76. The molecule has 2 N–H and O–H groups in total. The molecule has 1 aliphatic heterocycles. The van der Waals surface area contributed by atoms with Gasteiger partial charge in [-0.05, 0) is 30.4 Å². The van der Waals surface area contributed by atoms with Crippen molar-refractivity contribution in [3.8, 4) is 5.75 Å². The Kier molecular flexibility index (Phi) is 5.93. The van der Waals surface area contributed by atoms with Gasteiger partial charge in [-0.2, -0.15) is 0 Å². The number of amides is 1. The number of benzene rings is 2. The van der Waals surface area contributed by atoms with Crippen LogP contribution in [-0.4, -0.2) is 44.1 Å². The normalized spacial score (nSPS) is 21.1. The summed E-state index contributed by atoms with van der Waals surface area (Å²) in [4.78, 5) is 15.2. The molecule has 1 amide bonds. The van der Waals surface area contributed by atoms with Gasteiger partial charge in [-0.1, -0.05) is 48.5 Å². The fourth-order valence-corrected chi connectivity index (χ4v) is 4.15. The average Bonchev–Trinajstić information content (AvgIpc) is 3.58. The molecule has 5 nitrogen and oxygen atoms in total. The van der Waals surface area contributed by atoms with Crippen LogP contribution in [-0.2, 0) is 4.79 Å². The highest BCUT2D eigenvalue weighted by Crippen LogP contribution is 2.41. The Morgan fingerprint density at radius 3 is 2.68 bits per heavy atom. The third kappa shape index (κ3) is 4.37. The molecule has 0 radical (unpaired) electrons. The van der Waals surface area contributed by atoms with E-state index in [1.165, 1.54) is 18.4 Å². The van der Waals surface area contributed by atoms with Crippen LogP contribution in [0, 0.1) is 5.92 Å². The van der Waals surface area contributed by atoms with Crippen LogP contribution in [0.2, 0.25) is 0 Å². The Bertz CT molecular complexity index is 791. The third-order valence-corrected chi connectivity index (χ3v) is 5.77. The number of para-hydroxylation sites is 1. The predicted molar refractivity (Wildman–Crippen MR) is 110 cm³/mol. The molecule has 1 saturated heterocycles. The predicted octanol–water partition coefficient (Wildman–Crippen LogP) is 2.91. The number of nitrogens with one attached hydrogen (secondary N) is 2. The van der Waals surface area contributed by atoms with Crippen molar-refractivity contribution in [3.05, 3.63) is 65.7 Å². The zero-order valence-electron chi connectivity index (χ0n) is 16.4. The molecular weight excluding hydrogens is 350 g/mol. The van der Waals surface area contributed by atoms with Crippen molar-refractivity contribution in [3.63, 3.8) is 0 Å². The van der Waals surface area contributed by atoms with Crippen LogP contribution in [0.25, 0.3) is 0 Å². The van der Waals surface area contributed by atoms with Gasteiger partial charge in [-0.3, -0.25) is 9.69 Å². The molecule has 2 unspecified atom stereocenters. The number of ether oxygens (including phenoxy) is 1. The Hall–Kier alpha value is -2.37. The maximum Gasteiger partial charge on any atom is 0.234 e. The van der Waals surface area contributed by atoms with E-state index in [9.17, 15) is 4.79 Å². The van der Waals surface area contributed by atoms with Crippen LogP contribution in [0.15, 0.2) is 54.6 Å². The Balaban J connectivity index is 1.46. The van der Waals surface area contributed by atoms with Gasteiger partial charge < -0.3 is 15.4 Å². The number of carbonyl (C=O) groups excluding carboxylic acids is 1. The SMILES string of the molecule is COc1ccccc1C1CNCCN1CC(=O)NC(c1ccccc1)C1CC1. The van der Waals surface area contributed by atoms with E-state index in [2.05, 4.69) is 33.7 Å². The first-order valence-corrected chi connectivity index (χ1v) is 10.2. The van der Waals surface area contributed by atoms with Gasteiger partial charge in [-0.15, -0.1) is 0 Å². The van der Waals surface area contributed by atoms with Crippen LogP contribution in [0.5, 0.6) is 5.75 Å². The van der Waals surface area contributed by atoms with Gasteiger partial charge in [0.1, 0.15) is 5.75 Å². The highest BCUT2D eigenvalue weighted by molar-refractivity contribution is 5.78. The van der Waals surface area contributed by atoms with E-state index >= 15 is 0 Å². The molecule has 28 heavy (non-hydrogen) atoms. The van der Waals surface area contributed by atoms with Gasteiger partial charge in [0, 0.05) is 25.2 Å². The third-order valence-electron chi connectivity index (χ3n) is 5.77. The molecule has 0 spiro atoms. The minimum atomic E-state index is 0.0996. The van der Waals surface area contributed by atoms with E-state index in [1.807, 2.05) is 36.4 Å². The first kappa shape index (κ1) is 19.0. The monoisotopic (exact) mass is 379 g/mol. The van der Waals surface area contributed by atoms with Crippen LogP contribution < -0.4 is 15.4 Å². The molecule has 0 bridgehead atoms. The lowest BCUT2D eigenvalue weighted by Gasteiger charge is -2.36. The van der Waals surface area contributed by atoms with E-state index in [0.717, 1.165) is 30.9 Å². The summed E-state index contributed by atoms with van der Waals surface area (Å²) in [6, 6.07) is 18.7. The molecule has 2 fully saturated rings. The molecule has 2 aromatic carbocycles. The highest BCUT2D eigenvalue weighted by Gasteiger charge is 2.34. The summed E-state index contributed by atoms with van der Waals surface area (Å²) in [5.74, 6) is 1.55. The van der Waals surface area contributed by atoms with E-state index in [1.54, 1.807) is 7.11 Å². The van der Waals surface area contributed by atoms with E-state index in [0.29, 0.717) is 12.5 Å². The number of nitrogens with zero attached hydrogens (tertiary/aromatic N) is 1. The van der Waals surface area contributed by atoms with Crippen molar-refractivity contribution in [2.24, 2.45) is 5.92 Å². The minimum Gasteiger partial charge on any atom is -0.496 e. The lowest BCUT2D eigenvalue weighted by Crippen LogP contribution is -2.50. The smallest absolute Gasteiger partial charge is 0.234 e. The molecule has 1 saturated carbocycles. The number of hydrogen-bond donors (Lipinski definition) is 2.